The molecule has 1 saturated heterocycles. The number of methoxy groups -OCH3 is 1. The fourth-order valence-corrected chi connectivity index (χ4v) is 4.18. The zero-order valence-electron chi connectivity index (χ0n) is 15.8. The van der Waals surface area contributed by atoms with Crippen molar-refractivity contribution in [2.24, 2.45) is 5.92 Å². The maximum Gasteiger partial charge on any atom is 0.341 e. The number of aromatic nitrogens is 2. The number of aliphatic hydroxyl groups excluding tert-OH is 1. The zero-order chi connectivity index (χ0) is 18.5. The fraction of sp³-hybridized carbons (Fsp3) is 0.737. The Bertz CT molecular complexity index is 619. The molecule has 26 heavy (non-hydrogen) atoms. The molecule has 1 saturated carbocycles. The third-order valence-corrected chi connectivity index (χ3v) is 5.62. The van der Waals surface area contributed by atoms with E-state index in [2.05, 4.69) is 20.4 Å². The van der Waals surface area contributed by atoms with Crippen LogP contribution in [0.5, 0.6) is 0 Å². The first-order valence-corrected chi connectivity index (χ1v) is 9.67. The Morgan fingerprint density at radius 2 is 2.08 bits per heavy atom. The van der Waals surface area contributed by atoms with E-state index in [-0.39, 0.29) is 12.5 Å². The smallest absolute Gasteiger partial charge is 0.341 e. The molecule has 1 aliphatic heterocycles. The van der Waals surface area contributed by atoms with Crippen LogP contribution in [-0.2, 0) is 4.74 Å². The van der Waals surface area contributed by atoms with Crippen LogP contribution >= 0.6 is 0 Å². The summed E-state index contributed by atoms with van der Waals surface area (Å²) in [6.07, 6.45) is 7.30. The second-order valence-corrected chi connectivity index (χ2v) is 7.50. The number of hydrogen-bond acceptors (Lipinski definition) is 7. The van der Waals surface area contributed by atoms with Crippen molar-refractivity contribution in [3.05, 3.63) is 17.3 Å². The number of aliphatic hydroxyl groups is 1. The Labute approximate surface area is 155 Å². The van der Waals surface area contributed by atoms with E-state index in [1.165, 1.54) is 39.2 Å². The molecule has 144 valence electrons. The minimum atomic E-state index is -0.402. The molecular weight excluding hydrogens is 332 g/mol. The van der Waals surface area contributed by atoms with Crippen molar-refractivity contribution < 1.29 is 14.6 Å². The van der Waals surface area contributed by atoms with E-state index in [4.69, 9.17) is 4.74 Å². The van der Waals surface area contributed by atoms with Crippen LogP contribution in [0.2, 0.25) is 0 Å². The number of anilines is 1. The normalized spacial score (nSPS) is 24.5. The van der Waals surface area contributed by atoms with Crippen LogP contribution in [-0.4, -0.2) is 60.2 Å². The molecule has 2 aliphatic rings. The van der Waals surface area contributed by atoms with Gasteiger partial charge in [-0.1, -0.05) is 19.3 Å². The summed E-state index contributed by atoms with van der Waals surface area (Å²) < 4.78 is 4.90. The lowest BCUT2D eigenvalue weighted by Gasteiger charge is -2.41. The summed E-state index contributed by atoms with van der Waals surface area (Å²) >= 11 is 0. The molecule has 0 radical (unpaired) electrons. The molecule has 2 fully saturated rings. The average molecular weight is 362 g/mol. The van der Waals surface area contributed by atoms with E-state index in [1.54, 1.807) is 13.0 Å². The second kappa shape index (κ2) is 8.77. The molecule has 1 aromatic heterocycles. The third-order valence-electron chi connectivity index (χ3n) is 5.62. The number of carbonyl (C=O) groups excluding carboxylic acids is 1. The minimum Gasteiger partial charge on any atom is -0.465 e. The molecule has 1 aromatic rings. The fourth-order valence-electron chi connectivity index (χ4n) is 4.18. The van der Waals surface area contributed by atoms with E-state index in [9.17, 15) is 9.90 Å². The van der Waals surface area contributed by atoms with Crippen LogP contribution in [0.3, 0.4) is 0 Å². The summed E-state index contributed by atoms with van der Waals surface area (Å²) in [6, 6.07) is 2.59. The van der Waals surface area contributed by atoms with Gasteiger partial charge in [-0.2, -0.15) is 5.10 Å². The van der Waals surface area contributed by atoms with E-state index >= 15 is 0 Å². The van der Waals surface area contributed by atoms with E-state index in [0.717, 1.165) is 13.0 Å². The Balaban J connectivity index is 1.71. The van der Waals surface area contributed by atoms with Gasteiger partial charge < -0.3 is 20.1 Å². The SMILES string of the molecule is COC(=O)c1cc(C)nnc1N1CCC(NC2CCCCC2)C(CO)C1. The van der Waals surface area contributed by atoms with Crippen molar-refractivity contribution in [2.45, 2.75) is 57.5 Å². The van der Waals surface area contributed by atoms with Gasteiger partial charge >= 0.3 is 5.97 Å². The lowest BCUT2D eigenvalue weighted by Crippen LogP contribution is -2.54. The Hall–Kier alpha value is -1.73. The van der Waals surface area contributed by atoms with Gasteiger partial charge in [-0.05, 0) is 32.3 Å². The molecular formula is C19H30N4O3. The van der Waals surface area contributed by atoms with Crippen LogP contribution < -0.4 is 10.2 Å². The molecule has 1 aliphatic carbocycles. The number of hydrogen-bond donors (Lipinski definition) is 2. The quantitative estimate of drug-likeness (QED) is 0.771. The van der Waals surface area contributed by atoms with Crippen LogP contribution in [0.1, 0.15) is 54.6 Å². The van der Waals surface area contributed by atoms with Gasteiger partial charge in [0.25, 0.3) is 0 Å². The molecule has 0 bridgehead atoms. The number of nitrogens with one attached hydrogen (secondary N) is 1. The van der Waals surface area contributed by atoms with Gasteiger partial charge in [-0.3, -0.25) is 0 Å². The molecule has 2 N–H and O–H groups in total. The highest BCUT2D eigenvalue weighted by Crippen LogP contribution is 2.27. The molecule has 0 aromatic carbocycles. The first-order chi connectivity index (χ1) is 12.6. The molecule has 7 heteroatoms. The standard InChI is InChI=1S/C19H30N4O3/c1-13-10-16(19(25)26-2)18(22-21-13)23-9-8-17(14(11-23)12-24)20-15-6-4-3-5-7-15/h10,14-15,17,20,24H,3-9,11-12H2,1-2H3. The van der Waals surface area contributed by atoms with Crippen molar-refractivity contribution in [1.82, 2.24) is 15.5 Å². The third kappa shape index (κ3) is 4.32. The summed E-state index contributed by atoms with van der Waals surface area (Å²) in [7, 11) is 1.37. The molecule has 2 unspecified atom stereocenters. The highest BCUT2D eigenvalue weighted by atomic mass is 16.5. The number of nitrogens with zero attached hydrogens (tertiary/aromatic N) is 3. The van der Waals surface area contributed by atoms with Gasteiger partial charge in [0.15, 0.2) is 5.82 Å². The summed E-state index contributed by atoms with van der Waals surface area (Å²) in [4.78, 5) is 14.2. The number of esters is 1. The van der Waals surface area contributed by atoms with E-state index in [0.29, 0.717) is 35.7 Å². The van der Waals surface area contributed by atoms with Gasteiger partial charge in [-0.25, -0.2) is 4.79 Å². The van der Waals surface area contributed by atoms with Crippen LogP contribution in [0.25, 0.3) is 0 Å². The molecule has 2 atom stereocenters. The summed E-state index contributed by atoms with van der Waals surface area (Å²) in [5.41, 5.74) is 1.12. The largest absolute Gasteiger partial charge is 0.465 e. The van der Waals surface area contributed by atoms with Crippen molar-refractivity contribution in [3.63, 3.8) is 0 Å². The lowest BCUT2D eigenvalue weighted by molar-refractivity contribution is 0.0600. The maximum atomic E-state index is 12.1. The number of aryl methyl sites for hydroxylation is 1. The first-order valence-electron chi connectivity index (χ1n) is 9.67. The van der Waals surface area contributed by atoms with Crippen LogP contribution in [0.15, 0.2) is 6.07 Å². The Morgan fingerprint density at radius 1 is 1.31 bits per heavy atom. The molecule has 2 heterocycles. The number of carbonyl (C=O) groups is 1. The monoisotopic (exact) mass is 362 g/mol. The predicted octanol–water partition coefficient (Wildman–Crippen LogP) is 1.68. The Morgan fingerprint density at radius 3 is 2.77 bits per heavy atom. The molecule has 3 rings (SSSR count). The highest BCUT2D eigenvalue weighted by molar-refractivity contribution is 5.94. The molecule has 0 amide bonds. The van der Waals surface area contributed by atoms with Gasteiger partial charge in [-0.15, -0.1) is 5.10 Å². The minimum absolute atomic E-state index is 0.110. The summed E-state index contributed by atoms with van der Waals surface area (Å²) in [6.45, 7) is 3.36. The van der Waals surface area contributed by atoms with Crippen molar-refractivity contribution in [3.8, 4) is 0 Å². The van der Waals surface area contributed by atoms with Crippen LogP contribution in [0.4, 0.5) is 5.82 Å². The van der Waals surface area contributed by atoms with Crippen LogP contribution in [0, 0.1) is 12.8 Å². The molecule has 7 nitrogen and oxygen atoms in total. The second-order valence-electron chi connectivity index (χ2n) is 7.50. The van der Waals surface area contributed by atoms with Crippen molar-refractivity contribution >= 4 is 11.8 Å². The first kappa shape index (κ1) is 19.0. The Kier molecular flexibility index (Phi) is 6.43. The number of rotatable bonds is 5. The van der Waals surface area contributed by atoms with Gasteiger partial charge in [0.1, 0.15) is 5.56 Å². The van der Waals surface area contributed by atoms with E-state index in [1.807, 2.05) is 0 Å². The van der Waals surface area contributed by atoms with E-state index < -0.39 is 5.97 Å². The van der Waals surface area contributed by atoms with Gasteiger partial charge in [0.05, 0.1) is 12.8 Å². The average Bonchev–Trinajstić information content (AvgIpc) is 2.68. The van der Waals surface area contributed by atoms with Gasteiger partial charge in [0, 0.05) is 37.7 Å². The van der Waals surface area contributed by atoms with Crippen molar-refractivity contribution in [1.29, 1.82) is 0 Å². The molecule has 0 spiro atoms. The summed E-state index contributed by atoms with van der Waals surface area (Å²) in [5.74, 6) is 0.261. The predicted molar refractivity (Wildman–Crippen MR) is 99.3 cm³/mol. The number of piperidine rings is 1. The topological polar surface area (TPSA) is 87.6 Å². The maximum absolute atomic E-state index is 12.1. The highest BCUT2D eigenvalue weighted by Gasteiger charge is 2.33. The number of ether oxygens (including phenoxy) is 1. The van der Waals surface area contributed by atoms with Gasteiger partial charge in [0.2, 0.25) is 0 Å². The lowest BCUT2D eigenvalue weighted by atomic mass is 9.89. The van der Waals surface area contributed by atoms with Crippen molar-refractivity contribution in [2.75, 3.05) is 31.7 Å². The summed E-state index contributed by atoms with van der Waals surface area (Å²) in [5, 5.41) is 22.1. The zero-order valence-corrected chi connectivity index (χ0v) is 15.8.